The summed E-state index contributed by atoms with van der Waals surface area (Å²) in [5.74, 6) is 0. The number of rotatable bonds is 3. The fraction of sp³-hybridized carbons (Fsp3) is 0.0233. The number of nitrogens with zero attached hydrogens (tertiary/aromatic N) is 4. The number of aryl methyl sites for hydroxylation is 1. The van der Waals surface area contributed by atoms with Gasteiger partial charge in [0.05, 0.1) is 16.7 Å². The Bertz CT molecular complexity index is 2670. The number of hydrogen-bond donors (Lipinski definition) is 0. The van der Waals surface area contributed by atoms with Crippen LogP contribution >= 0.6 is 0 Å². The van der Waals surface area contributed by atoms with E-state index in [0.29, 0.717) is 0 Å². The Morgan fingerprint density at radius 1 is 0.625 bits per heavy atom. The molecule has 4 nitrogen and oxygen atoms in total. The van der Waals surface area contributed by atoms with Crippen LogP contribution < -0.4 is 4.57 Å². The summed E-state index contributed by atoms with van der Waals surface area (Å²) in [5.41, 5.74) is 11.2. The maximum absolute atomic E-state index is 4.32. The van der Waals surface area contributed by atoms with Crippen LogP contribution in [0, 0.1) is 25.4 Å². The first-order chi connectivity index (χ1) is 23.2. The van der Waals surface area contributed by atoms with E-state index in [2.05, 4.69) is 146 Å². The Hall–Kier alpha value is -5.61. The minimum absolute atomic E-state index is 0. The molecule has 10 rings (SSSR count). The molecule has 4 heterocycles. The van der Waals surface area contributed by atoms with Gasteiger partial charge in [0.25, 0.3) is 6.33 Å². The molecule has 0 fully saturated rings. The number of hydrogen-bond acceptors (Lipinski definition) is 1. The van der Waals surface area contributed by atoms with Gasteiger partial charge in [-0.1, -0.05) is 96.4 Å². The smallest absolute Gasteiger partial charge is 0.358 e. The van der Waals surface area contributed by atoms with Gasteiger partial charge in [0.15, 0.2) is 0 Å². The Morgan fingerprint density at radius 2 is 1.38 bits per heavy atom. The van der Waals surface area contributed by atoms with Crippen LogP contribution in [0.4, 0.5) is 0 Å². The van der Waals surface area contributed by atoms with Crippen LogP contribution in [0.25, 0.3) is 71.8 Å². The molecule has 0 unspecified atom stereocenters. The molecule has 0 aliphatic rings. The molecule has 0 N–H and O–H groups in total. The maximum Gasteiger partial charge on any atom is 3.00 e. The monoisotopic (exact) mass is 793 g/mol. The third-order valence-corrected chi connectivity index (χ3v) is 8.83. The number of fused-ring (bicyclic) bond motifs is 7. The summed E-state index contributed by atoms with van der Waals surface area (Å²) in [7, 11) is 0. The largest absolute Gasteiger partial charge is 3.00 e. The first-order valence-corrected chi connectivity index (χ1v) is 15.7. The minimum atomic E-state index is 0. The van der Waals surface area contributed by atoms with Gasteiger partial charge < -0.3 is 14.0 Å². The predicted octanol–water partition coefficient (Wildman–Crippen LogP) is 9.51. The van der Waals surface area contributed by atoms with Gasteiger partial charge in [0.1, 0.15) is 0 Å². The van der Waals surface area contributed by atoms with E-state index in [1.807, 2.05) is 49.5 Å². The van der Waals surface area contributed by atoms with Gasteiger partial charge in [-0.2, -0.15) is 0 Å². The molecule has 0 spiro atoms. The summed E-state index contributed by atoms with van der Waals surface area (Å²) in [4.78, 5) is 4.32. The molecule has 228 valence electrons. The molecule has 0 saturated heterocycles. The number of para-hydroxylation sites is 5. The van der Waals surface area contributed by atoms with Gasteiger partial charge in [0, 0.05) is 22.6 Å². The standard InChI is InChI=1S/C31H18N3.C12H10N.Ir/c1-2-9-21(10-3-1)32-20-33(30-16-7-6-15-29(30)32)22-17-18-28-26(19-22)25-13-8-12-24-23-11-4-5-14-27(23)34(28)31(24)25;1-10-7-8-12(13-9-10)11-5-3-2-4-6-11;/h1-18H;2-5,7-9H,1H3;/q2*-1;+3. The number of benzene rings is 6. The van der Waals surface area contributed by atoms with Crippen LogP contribution in [-0.4, -0.2) is 14.0 Å². The van der Waals surface area contributed by atoms with Crippen LogP contribution in [0.5, 0.6) is 0 Å². The van der Waals surface area contributed by atoms with Crippen LogP contribution in [0.3, 0.4) is 0 Å². The van der Waals surface area contributed by atoms with Crippen LogP contribution in [-0.2, 0) is 20.1 Å². The summed E-state index contributed by atoms with van der Waals surface area (Å²) in [6.45, 7) is 2.03. The van der Waals surface area contributed by atoms with Crippen molar-refractivity contribution in [3.05, 3.63) is 176 Å². The van der Waals surface area contributed by atoms with Crippen molar-refractivity contribution in [3.63, 3.8) is 0 Å². The molecule has 0 radical (unpaired) electrons. The van der Waals surface area contributed by atoms with E-state index in [4.69, 9.17) is 0 Å². The van der Waals surface area contributed by atoms with Gasteiger partial charge in [-0.3, -0.25) is 4.57 Å². The van der Waals surface area contributed by atoms with Crippen molar-refractivity contribution in [3.8, 4) is 22.6 Å². The second-order valence-electron chi connectivity index (χ2n) is 11.8. The molecule has 10 aromatic rings. The molecule has 0 aliphatic carbocycles. The van der Waals surface area contributed by atoms with E-state index in [0.717, 1.165) is 39.1 Å². The van der Waals surface area contributed by atoms with Gasteiger partial charge in [-0.05, 0) is 53.0 Å². The molecule has 4 aromatic heterocycles. The van der Waals surface area contributed by atoms with Crippen molar-refractivity contribution in [1.82, 2.24) is 14.0 Å². The summed E-state index contributed by atoms with van der Waals surface area (Å²) in [6.07, 6.45) is 5.45. The predicted molar refractivity (Wildman–Crippen MR) is 190 cm³/mol. The van der Waals surface area contributed by atoms with E-state index in [1.54, 1.807) is 0 Å². The van der Waals surface area contributed by atoms with Crippen LogP contribution in [0.1, 0.15) is 5.56 Å². The quantitative estimate of drug-likeness (QED) is 0.129. The number of pyridine rings is 1. The van der Waals surface area contributed by atoms with Crippen molar-refractivity contribution in [2.24, 2.45) is 0 Å². The summed E-state index contributed by atoms with van der Waals surface area (Å²) >= 11 is 0. The summed E-state index contributed by atoms with van der Waals surface area (Å²) < 4.78 is 6.62. The second kappa shape index (κ2) is 12.2. The number of aromatic nitrogens is 4. The maximum atomic E-state index is 4.32. The van der Waals surface area contributed by atoms with E-state index < -0.39 is 0 Å². The Balaban J connectivity index is 0.000000203. The zero-order chi connectivity index (χ0) is 31.3. The molecular formula is C43H28IrN4+. The number of imidazole rings is 1. The van der Waals surface area contributed by atoms with E-state index in [1.165, 1.54) is 38.3 Å². The van der Waals surface area contributed by atoms with Gasteiger partial charge in [-0.25, -0.2) is 0 Å². The van der Waals surface area contributed by atoms with Crippen LogP contribution in [0.2, 0.25) is 0 Å². The zero-order valence-corrected chi connectivity index (χ0v) is 28.5. The average molecular weight is 793 g/mol. The third kappa shape index (κ3) is 4.87. The van der Waals surface area contributed by atoms with Gasteiger partial charge in [-0.15, -0.1) is 59.5 Å². The fourth-order valence-electron chi connectivity index (χ4n) is 6.65. The average Bonchev–Trinajstić information content (AvgIpc) is 3.80. The van der Waals surface area contributed by atoms with Crippen molar-refractivity contribution in [2.45, 2.75) is 6.92 Å². The SMILES string of the molecule is Cc1ccc(-c2[c-]cccc2)nc1.[Ir+3].[c-]1c(-n2[c-][n+](-c3ccccc3)c3ccccc32)ccc2c1c1cccc3c4ccccc4n2c13. The normalized spacial score (nSPS) is 11.3. The molecule has 0 amide bonds. The minimum Gasteiger partial charge on any atom is -0.358 e. The third-order valence-electron chi connectivity index (χ3n) is 8.83. The van der Waals surface area contributed by atoms with Crippen molar-refractivity contribution < 1.29 is 24.7 Å². The molecule has 0 atom stereocenters. The Morgan fingerprint density at radius 3 is 2.19 bits per heavy atom. The van der Waals surface area contributed by atoms with E-state index >= 15 is 0 Å². The summed E-state index contributed by atoms with van der Waals surface area (Å²) in [5, 5.41) is 4.96. The Kier molecular flexibility index (Phi) is 7.57. The van der Waals surface area contributed by atoms with Crippen molar-refractivity contribution in [2.75, 3.05) is 0 Å². The second-order valence-corrected chi connectivity index (χ2v) is 11.8. The molecule has 0 saturated carbocycles. The molecule has 6 aromatic carbocycles. The van der Waals surface area contributed by atoms with Crippen LogP contribution in [0.15, 0.2) is 152 Å². The Labute approximate surface area is 291 Å². The van der Waals surface area contributed by atoms with E-state index in [-0.39, 0.29) is 20.1 Å². The first kappa shape index (κ1) is 29.8. The van der Waals surface area contributed by atoms with Gasteiger partial charge in [0.2, 0.25) is 0 Å². The van der Waals surface area contributed by atoms with Crippen molar-refractivity contribution in [1.29, 1.82) is 0 Å². The van der Waals surface area contributed by atoms with E-state index in [9.17, 15) is 0 Å². The fourth-order valence-corrected chi connectivity index (χ4v) is 6.65. The molecule has 48 heavy (non-hydrogen) atoms. The molecule has 5 heteroatoms. The first-order valence-electron chi connectivity index (χ1n) is 15.7. The topological polar surface area (TPSA) is 26.1 Å². The van der Waals surface area contributed by atoms with Gasteiger partial charge >= 0.3 is 20.1 Å². The summed E-state index contributed by atoms with van der Waals surface area (Å²) in [6, 6.07) is 57.3. The van der Waals surface area contributed by atoms with Crippen molar-refractivity contribution >= 4 is 49.1 Å². The molecular weight excluding hydrogens is 765 g/mol. The zero-order valence-electron chi connectivity index (χ0n) is 26.1. The molecule has 0 bridgehead atoms. The molecule has 0 aliphatic heterocycles.